The second-order valence-corrected chi connectivity index (χ2v) is 9.26. The van der Waals surface area contributed by atoms with Crippen LogP contribution in [0.2, 0.25) is 5.02 Å². The molecule has 0 saturated carbocycles. The summed E-state index contributed by atoms with van der Waals surface area (Å²) in [6, 6.07) is 16.6. The minimum atomic E-state index is -0.953. The molecule has 12 heteroatoms. The van der Waals surface area contributed by atoms with Crippen molar-refractivity contribution >= 4 is 69.5 Å². The van der Waals surface area contributed by atoms with Gasteiger partial charge in [0.05, 0.1) is 16.9 Å². The SMILES string of the molecule is C=CCOc1ccc(NC(=O)C(=O)N/N=C\c2cc(I)c(OCC(=O)Nc3cccc(Cl)c3)c(OC)c2)cc1. The van der Waals surface area contributed by atoms with Crippen LogP contribution in [-0.4, -0.2) is 44.3 Å². The maximum Gasteiger partial charge on any atom is 0.329 e. The van der Waals surface area contributed by atoms with Crippen molar-refractivity contribution < 1.29 is 28.6 Å². The van der Waals surface area contributed by atoms with Gasteiger partial charge in [-0.15, -0.1) is 0 Å². The number of nitrogens with zero attached hydrogens (tertiary/aromatic N) is 1. The summed E-state index contributed by atoms with van der Waals surface area (Å²) in [6.07, 6.45) is 2.96. The van der Waals surface area contributed by atoms with Crippen molar-refractivity contribution in [3.8, 4) is 17.2 Å². The first kappa shape index (κ1) is 29.5. The van der Waals surface area contributed by atoms with Crippen molar-refractivity contribution in [2.75, 3.05) is 31.0 Å². The monoisotopic (exact) mass is 662 g/mol. The van der Waals surface area contributed by atoms with Gasteiger partial charge in [-0.2, -0.15) is 5.10 Å². The summed E-state index contributed by atoms with van der Waals surface area (Å²) in [5.74, 6) is -0.906. The van der Waals surface area contributed by atoms with Crippen LogP contribution in [0.1, 0.15) is 5.56 Å². The highest BCUT2D eigenvalue weighted by Crippen LogP contribution is 2.33. The molecule has 39 heavy (non-hydrogen) atoms. The van der Waals surface area contributed by atoms with E-state index in [-0.39, 0.29) is 12.5 Å². The third-order valence-corrected chi connectivity index (χ3v) is 5.81. The van der Waals surface area contributed by atoms with E-state index >= 15 is 0 Å². The van der Waals surface area contributed by atoms with E-state index in [2.05, 4.69) is 27.7 Å². The number of hydrogen-bond acceptors (Lipinski definition) is 7. The van der Waals surface area contributed by atoms with Crippen LogP contribution in [0.4, 0.5) is 11.4 Å². The van der Waals surface area contributed by atoms with E-state index in [0.717, 1.165) is 0 Å². The van der Waals surface area contributed by atoms with Crippen LogP contribution in [-0.2, 0) is 14.4 Å². The highest BCUT2D eigenvalue weighted by Gasteiger charge is 2.15. The lowest BCUT2D eigenvalue weighted by Crippen LogP contribution is -2.32. The Balaban J connectivity index is 1.54. The van der Waals surface area contributed by atoms with Crippen LogP contribution in [0, 0.1) is 3.57 Å². The van der Waals surface area contributed by atoms with Gasteiger partial charge >= 0.3 is 11.8 Å². The molecule has 0 aliphatic heterocycles. The molecule has 3 aromatic carbocycles. The Morgan fingerprint density at radius 3 is 2.46 bits per heavy atom. The number of carbonyl (C=O) groups is 3. The number of halogens is 2. The van der Waals surface area contributed by atoms with Gasteiger partial charge in [-0.1, -0.05) is 30.3 Å². The summed E-state index contributed by atoms with van der Waals surface area (Å²) in [4.78, 5) is 36.6. The van der Waals surface area contributed by atoms with E-state index in [1.165, 1.54) is 13.3 Å². The summed E-state index contributed by atoms with van der Waals surface area (Å²) in [6.45, 7) is 3.67. The van der Waals surface area contributed by atoms with Gasteiger partial charge in [0.25, 0.3) is 5.91 Å². The van der Waals surface area contributed by atoms with Crippen molar-refractivity contribution in [1.82, 2.24) is 5.43 Å². The summed E-state index contributed by atoms with van der Waals surface area (Å²) in [5.41, 5.74) is 3.70. The zero-order chi connectivity index (χ0) is 28.2. The Kier molecular flexibility index (Phi) is 11.1. The van der Waals surface area contributed by atoms with E-state index in [9.17, 15) is 14.4 Å². The molecule has 202 valence electrons. The highest BCUT2D eigenvalue weighted by atomic mass is 127. The summed E-state index contributed by atoms with van der Waals surface area (Å²) in [7, 11) is 1.45. The van der Waals surface area contributed by atoms with Crippen molar-refractivity contribution in [2.24, 2.45) is 5.10 Å². The maximum absolute atomic E-state index is 12.3. The Labute approximate surface area is 243 Å². The van der Waals surface area contributed by atoms with Crippen LogP contribution in [0.15, 0.2) is 78.4 Å². The molecule has 0 saturated heterocycles. The number of nitrogens with one attached hydrogen (secondary N) is 3. The van der Waals surface area contributed by atoms with Gasteiger partial charge in [-0.05, 0) is 82.8 Å². The van der Waals surface area contributed by atoms with Gasteiger partial charge in [0.1, 0.15) is 12.4 Å². The summed E-state index contributed by atoms with van der Waals surface area (Å²) < 4.78 is 17.1. The van der Waals surface area contributed by atoms with E-state index in [0.29, 0.717) is 49.4 Å². The van der Waals surface area contributed by atoms with Gasteiger partial charge in [-0.3, -0.25) is 14.4 Å². The third kappa shape index (κ3) is 9.30. The molecular weight excluding hydrogens is 639 g/mol. The number of hydrazone groups is 1. The number of methoxy groups -OCH3 is 1. The standard InChI is InChI=1S/C27H24ClIN4O6/c1-3-11-38-21-9-7-19(8-10-21)32-26(35)27(36)33-30-15-17-12-22(29)25(23(13-17)37-2)39-16-24(34)31-20-6-4-5-18(28)14-20/h3-10,12-15H,1,11,16H2,2H3,(H,31,34)(H,32,35)(H,33,36)/b30-15-. The fourth-order valence-corrected chi connectivity index (χ4v) is 4.02. The normalized spacial score (nSPS) is 10.4. The van der Waals surface area contributed by atoms with Gasteiger partial charge in [0, 0.05) is 16.4 Å². The molecule has 3 N–H and O–H groups in total. The van der Waals surface area contributed by atoms with Crippen LogP contribution in [0.3, 0.4) is 0 Å². The topological polar surface area (TPSA) is 127 Å². The van der Waals surface area contributed by atoms with E-state index < -0.39 is 11.8 Å². The Hall–Kier alpha value is -4.10. The minimum Gasteiger partial charge on any atom is -0.493 e. The first-order valence-corrected chi connectivity index (χ1v) is 12.8. The fourth-order valence-electron chi connectivity index (χ4n) is 3.05. The predicted octanol–water partition coefficient (Wildman–Crippen LogP) is 4.62. The van der Waals surface area contributed by atoms with Gasteiger partial charge < -0.3 is 24.8 Å². The van der Waals surface area contributed by atoms with Crippen molar-refractivity contribution in [3.63, 3.8) is 0 Å². The molecule has 0 atom stereocenters. The van der Waals surface area contributed by atoms with Gasteiger partial charge in [-0.25, -0.2) is 5.43 Å². The van der Waals surface area contributed by atoms with Gasteiger partial charge in [0.15, 0.2) is 18.1 Å². The maximum atomic E-state index is 12.3. The van der Waals surface area contributed by atoms with Crippen molar-refractivity contribution in [3.05, 3.63) is 87.5 Å². The molecule has 0 aromatic heterocycles. The molecular formula is C27H24ClIN4O6. The zero-order valence-electron chi connectivity index (χ0n) is 20.7. The molecule has 0 heterocycles. The van der Waals surface area contributed by atoms with Crippen LogP contribution < -0.4 is 30.3 Å². The second kappa shape index (κ2) is 14.7. The molecule has 0 unspecified atom stereocenters. The lowest BCUT2D eigenvalue weighted by Gasteiger charge is -2.13. The van der Waals surface area contributed by atoms with Crippen LogP contribution >= 0.6 is 34.2 Å². The Bertz CT molecular complexity index is 1380. The average Bonchev–Trinajstić information content (AvgIpc) is 2.91. The number of benzene rings is 3. The number of ether oxygens (including phenoxy) is 3. The number of hydrogen-bond donors (Lipinski definition) is 3. The Morgan fingerprint density at radius 1 is 1.00 bits per heavy atom. The lowest BCUT2D eigenvalue weighted by molar-refractivity contribution is -0.136. The molecule has 0 radical (unpaired) electrons. The van der Waals surface area contributed by atoms with E-state index in [1.807, 2.05) is 22.6 Å². The Morgan fingerprint density at radius 2 is 1.77 bits per heavy atom. The molecule has 10 nitrogen and oxygen atoms in total. The lowest BCUT2D eigenvalue weighted by atomic mass is 10.2. The smallest absolute Gasteiger partial charge is 0.329 e. The molecule has 0 fully saturated rings. The largest absolute Gasteiger partial charge is 0.493 e. The number of carbonyl (C=O) groups excluding carboxylic acids is 3. The number of rotatable bonds is 11. The molecule has 0 aliphatic carbocycles. The molecule has 3 rings (SSSR count). The van der Waals surface area contributed by atoms with Crippen molar-refractivity contribution in [2.45, 2.75) is 0 Å². The molecule has 0 aliphatic rings. The number of amides is 3. The minimum absolute atomic E-state index is 0.262. The molecule has 0 bridgehead atoms. The van der Waals surface area contributed by atoms with Crippen molar-refractivity contribution in [1.29, 1.82) is 0 Å². The quantitative estimate of drug-likeness (QED) is 0.0904. The fraction of sp³-hybridized carbons (Fsp3) is 0.111. The molecule has 0 spiro atoms. The van der Waals surface area contributed by atoms with Crippen LogP contribution in [0.25, 0.3) is 0 Å². The average molecular weight is 663 g/mol. The van der Waals surface area contributed by atoms with Crippen LogP contribution in [0.5, 0.6) is 17.2 Å². The first-order valence-electron chi connectivity index (χ1n) is 11.3. The third-order valence-electron chi connectivity index (χ3n) is 4.77. The molecule has 3 amide bonds. The second-order valence-electron chi connectivity index (χ2n) is 7.66. The number of anilines is 2. The van der Waals surface area contributed by atoms with E-state index in [1.54, 1.807) is 66.7 Å². The summed E-state index contributed by atoms with van der Waals surface area (Å²) in [5, 5.41) is 9.51. The first-order chi connectivity index (χ1) is 18.8. The zero-order valence-corrected chi connectivity index (χ0v) is 23.6. The molecule has 3 aromatic rings. The van der Waals surface area contributed by atoms with E-state index in [4.69, 9.17) is 25.8 Å². The van der Waals surface area contributed by atoms with Gasteiger partial charge in [0.2, 0.25) is 0 Å². The highest BCUT2D eigenvalue weighted by molar-refractivity contribution is 14.1. The predicted molar refractivity (Wildman–Crippen MR) is 158 cm³/mol. The summed E-state index contributed by atoms with van der Waals surface area (Å²) >= 11 is 7.96.